The molecule has 30 heavy (non-hydrogen) atoms. The van der Waals surface area contributed by atoms with Crippen molar-refractivity contribution in [1.29, 1.82) is 0 Å². The minimum Gasteiger partial charge on any atom is -0.267 e. The Kier molecular flexibility index (Phi) is 6.43. The van der Waals surface area contributed by atoms with Gasteiger partial charge >= 0.3 is 0 Å². The van der Waals surface area contributed by atoms with Crippen LogP contribution in [0.15, 0.2) is 58.5 Å². The second-order valence-corrected chi connectivity index (χ2v) is 10.5. The number of hydrogen-bond donors (Lipinski definition) is 1. The molecule has 0 aliphatic carbocycles. The van der Waals surface area contributed by atoms with E-state index in [1.807, 2.05) is 19.1 Å². The minimum atomic E-state index is -3.57. The molecule has 1 amide bonds. The number of hydrogen-bond acceptors (Lipinski definition) is 4. The van der Waals surface area contributed by atoms with Gasteiger partial charge in [-0.2, -0.15) is 9.41 Å². The standard InChI is InChI=1S/C23H29N3O3S/c1-17(18-10-12-20(13-11-18)23(2,3)4)24-25-22(27)19-8-7-9-21(16-19)30(28,29)26-14-5-6-15-26/h7-13,16H,5-6,14-15H2,1-4H3,(H,25,27). The minimum absolute atomic E-state index is 0.0677. The number of nitrogens with one attached hydrogen (secondary N) is 1. The van der Waals surface area contributed by atoms with Gasteiger partial charge in [-0.1, -0.05) is 51.1 Å². The van der Waals surface area contributed by atoms with Crippen LogP contribution in [0.3, 0.4) is 0 Å². The zero-order chi connectivity index (χ0) is 21.9. The molecule has 160 valence electrons. The first-order valence-electron chi connectivity index (χ1n) is 10.1. The molecular weight excluding hydrogens is 398 g/mol. The van der Waals surface area contributed by atoms with E-state index < -0.39 is 15.9 Å². The Morgan fingerprint density at radius 2 is 1.63 bits per heavy atom. The quantitative estimate of drug-likeness (QED) is 0.580. The van der Waals surface area contributed by atoms with Gasteiger partial charge < -0.3 is 0 Å². The highest BCUT2D eigenvalue weighted by Gasteiger charge is 2.27. The van der Waals surface area contributed by atoms with E-state index in [1.54, 1.807) is 12.1 Å². The topological polar surface area (TPSA) is 78.8 Å². The van der Waals surface area contributed by atoms with E-state index in [0.29, 0.717) is 18.8 Å². The maximum Gasteiger partial charge on any atom is 0.271 e. The Hall–Kier alpha value is -2.51. The molecule has 1 fully saturated rings. The fourth-order valence-electron chi connectivity index (χ4n) is 3.35. The van der Waals surface area contributed by atoms with Gasteiger partial charge in [0.25, 0.3) is 5.91 Å². The fraction of sp³-hybridized carbons (Fsp3) is 0.391. The summed E-state index contributed by atoms with van der Waals surface area (Å²) in [6.45, 7) is 9.33. The van der Waals surface area contributed by atoms with Gasteiger partial charge in [0, 0.05) is 18.7 Å². The summed E-state index contributed by atoms with van der Waals surface area (Å²) < 4.78 is 26.9. The molecule has 6 nitrogen and oxygen atoms in total. The predicted octanol–water partition coefficient (Wildman–Crippen LogP) is 3.92. The van der Waals surface area contributed by atoms with Gasteiger partial charge in [0.1, 0.15) is 0 Å². The first-order valence-corrected chi connectivity index (χ1v) is 11.6. The van der Waals surface area contributed by atoms with Crippen molar-refractivity contribution in [3.63, 3.8) is 0 Å². The third-order valence-corrected chi connectivity index (χ3v) is 7.19. The van der Waals surface area contributed by atoms with E-state index in [0.717, 1.165) is 18.4 Å². The summed E-state index contributed by atoms with van der Waals surface area (Å²) in [5, 5.41) is 4.19. The molecule has 3 rings (SSSR count). The van der Waals surface area contributed by atoms with Gasteiger partial charge in [-0.25, -0.2) is 13.8 Å². The third-order valence-electron chi connectivity index (χ3n) is 5.29. The molecule has 1 aliphatic heterocycles. The molecule has 0 spiro atoms. The summed E-state index contributed by atoms with van der Waals surface area (Å²) in [6, 6.07) is 14.2. The van der Waals surface area contributed by atoms with E-state index in [-0.39, 0.29) is 15.9 Å². The Morgan fingerprint density at radius 1 is 1.00 bits per heavy atom. The molecule has 0 unspecified atom stereocenters. The van der Waals surface area contributed by atoms with Crippen molar-refractivity contribution >= 4 is 21.6 Å². The van der Waals surface area contributed by atoms with Crippen LogP contribution < -0.4 is 5.43 Å². The van der Waals surface area contributed by atoms with Crippen molar-refractivity contribution in [3.8, 4) is 0 Å². The fourth-order valence-corrected chi connectivity index (χ4v) is 4.91. The first-order chi connectivity index (χ1) is 14.1. The Balaban J connectivity index is 1.73. The summed E-state index contributed by atoms with van der Waals surface area (Å²) in [6.07, 6.45) is 1.73. The van der Waals surface area contributed by atoms with Gasteiger partial charge in [0.05, 0.1) is 10.6 Å². The van der Waals surface area contributed by atoms with Crippen LogP contribution in [0, 0.1) is 0 Å². The summed E-state index contributed by atoms with van der Waals surface area (Å²) in [4.78, 5) is 12.7. The third kappa shape index (κ3) is 4.96. The van der Waals surface area contributed by atoms with Gasteiger partial charge in [-0.05, 0) is 54.5 Å². The summed E-state index contributed by atoms with van der Waals surface area (Å²) >= 11 is 0. The van der Waals surface area contributed by atoms with Gasteiger partial charge in [-0.15, -0.1) is 0 Å². The van der Waals surface area contributed by atoms with Crippen LogP contribution in [0.2, 0.25) is 0 Å². The zero-order valence-corrected chi connectivity index (χ0v) is 18.8. The highest BCUT2D eigenvalue weighted by Crippen LogP contribution is 2.23. The summed E-state index contributed by atoms with van der Waals surface area (Å²) in [5.74, 6) is -0.445. The highest BCUT2D eigenvalue weighted by molar-refractivity contribution is 7.89. The number of benzene rings is 2. The lowest BCUT2D eigenvalue weighted by atomic mass is 9.86. The van der Waals surface area contributed by atoms with Crippen molar-refractivity contribution in [2.75, 3.05) is 13.1 Å². The first kappa shape index (κ1) is 22.2. The van der Waals surface area contributed by atoms with Crippen LogP contribution in [-0.4, -0.2) is 37.4 Å². The van der Waals surface area contributed by atoms with E-state index in [4.69, 9.17) is 0 Å². The number of rotatable bonds is 5. The molecule has 0 atom stereocenters. The van der Waals surface area contributed by atoms with Crippen LogP contribution in [-0.2, 0) is 15.4 Å². The number of carbonyl (C=O) groups excluding carboxylic acids is 1. The maximum atomic E-state index is 12.7. The largest absolute Gasteiger partial charge is 0.271 e. The van der Waals surface area contributed by atoms with E-state index in [9.17, 15) is 13.2 Å². The SMILES string of the molecule is CC(=NNC(=O)c1cccc(S(=O)(=O)N2CCCC2)c1)c1ccc(C(C)(C)C)cc1. The Morgan fingerprint density at radius 3 is 2.23 bits per heavy atom. The molecule has 0 aromatic heterocycles. The second-order valence-electron chi connectivity index (χ2n) is 8.60. The number of sulfonamides is 1. The van der Waals surface area contributed by atoms with E-state index in [2.05, 4.69) is 43.4 Å². The maximum absolute atomic E-state index is 12.7. The van der Waals surface area contributed by atoms with Crippen molar-refractivity contribution in [2.45, 2.75) is 50.8 Å². The Labute approximate surface area is 179 Å². The lowest BCUT2D eigenvalue weighted by Gasteiger charge is -2.19. The van der Waals surface area contributed by atoms with Crippen molar-refractivity contribution in [2.24, 2.45) is 5.10 Å². The average Bonchev–Trinajstić information content (AvgIpc) is 3.27. The molecule has 1 N–H and O–H groups in total. The lowest BCUT2D eigenvalue weighted by Crippen LogP contribution is -2.28. The van der Waals surface area contributed by atoms with Crippen LogP contribution in [0.4, 0.5) is 0 Å². The van der Waals surface area contributed by atoms with Gasteiger partial charge in [0.15, 0.2) is 0 Å². The molecule has 1 saturated heterocycles. The normalized spacial score (nSPS) is 15.9. The van der Waals surface area contributed by atoms with Crippen molar-refractivity contribution < 1.29 is 13.2 Å². The molecule has 0 radical (unpaired) electrons. The molecule has 1 heterocycles. The second kappa shape index (κ2) is 8.70. The van der Waals surface area contributed by atoms with E-state index >= 15 is 0 Å². The molecule has 2 aromatic rings. The smallest absolute Gasteiger partial charge is 0.267 e. The molecular formula is C23H29N3O3S. The van der Waals surface area contributed by atoms with Crippen molar-refractivity contribution in [3.05, 3.63) is 65.2 Å². The monoisotopic (exact) mass is 427 g/mol. The average molecular weight is 428 g/mol. The number of hydrazone groups is 1. The lowest BCUT2D eigenvalue weighted by molar-refractivity contribution is 0.0954. The van der Waals surface area contributed by atoms with Crippen LogP contribution >= 0.6 is 0 Å². The molecule has 2 aromatic carbocycles. The van der Waals surface area contributed by atoms with Gasteiger partial charge in [0.2, 0.25) is 10.0 Å². The number of carbonyl (C=O) groups is 1. The molecule has 0 saturated carbocycles. The predicted molar refractivity (Wildman–Crippen MR) is 119 cm³/mol. The highest BCUT2D eigenvalue weighted by atomic mass is 32.2. The summed E-state index contributed by atoms with van der Waals surface area (Å²) in [7, 11) is -3.57. The van der Waals surface area contributed by atoms with Crippen molar-refractivity contribution in [1.82, 2.24) is 9.73 Å². The summed E-state index contributed by atoms with van der Waals surface area (Å²) in [5.41, 5.74) is 5.66. The van der Waals surface area contributed by atoms with Gasteiger partial charge in [-0.3, -0.25) is 4.79 Å². The molecule has 1 aliphatic rings. The van der Waals surface area contributed by atoms with Crippen LogP contribution in [0.25, 0.3) is 0 Å². The molecule has 7 heteroatoms. The van der Waals surface area contributed by atoms with Crippen LogP contribution in [0.1, 0.15) is 62.0 Å². The van der Waals surface area contributed by atoms with Crippen LogP contribution in [0.5, 0.6) is 0 Å². The number of amides is 1. The van der Waals surface area contributed by atoms with E-state index in [1.165, 1.54) is 22.0 Å². The Bertz CT molecular complexity index is 1050. The zero-order valence-electron chi connectivity index (χ0n) is 18.0. The molecule has 0 bridgehead atoms. The number of nitrogens with zero attached hydrogens (tertiary/aromatic N) is 2.